The smallest absolute Gasteiger partial charge is 0.133 e. The van der Waals surface area contributed by atoms with Crippen LogP contribution in [0.25, 0.3) is 0 Å². The Hall–Kier alpha value is -0.330. The molecule has 2 aliphatic rings. The standard InChI is InChI=1S/C14H24O/c1-13(2,3)11-4-7-14(8-5-11)9-6-12(15)10-14/h11H,4-10H2,1-3H3. The molecule has 0 radical (unpaired) electrons. The van der Waals surface area contributed by atoms with Crippen molar-refractivity contribution in [3.63, 3.8) is 0 Å². The predicted octanol–water partition coefficient (Wildman–Crippen LogP) is 3.96. The van der Waals surface area contributed by atoms with Crippen LogP contribution in [-0.4, -0.2) is 5.78 Å². The van der Waals surface area contributed by atoms with E-state index in [2.05, 4.69) is 20.8 Å². The summed E-state index contributed by atoms with van der Waals surface area (Å²) >= 11 is 0. The lowest BCUT2D eigenvalue weighted by molar-refractivity contribution is -0.118. The lowest BCUT2D eigenvalue weighted by Gasteiger charge is -2.42. The van der Waals surface area contributed by atoms with Gasteiger partial charge in [0, 0.05) is 12.8 Å². The van der Waals surface area contributed by atoms with Crippen LogP contribution in [0.3, 0.4) is 0 Å². The Kier molecular flexibility index (Phi) is 2.68. The lowest BCUT2D eigenvalue weighted by atomic mass is 9.63. The van der Waals surface area contributed by atoms with Gasteiger partial charge in [0.05, 0.1) is 0 Å². The van der Waals surface area contributed by atoms with Gasteiger partial charge in [0.25, 0.3) is 0 Å². The van der Waals surface area contributed by atoms with Gasteiger partial charge in [0.1, 0.15) is 5.78 Å². The van der Waals surface area contributed by atoms with E-state index in [0.29, 0.717) is 16.6 Å². The van der Waals surface area contributed by atoms with E-state index in [0.717, 1.165) is 18.8 Å². The van der Waals surface area contributed by atoms with Crippen LogP contribution in [0.15, 0.2) is 0 Å². The molecule has 0 amide bonds. The van der Waals surface area contributed by atoms with Crippen LogP contribution >= 0.6 is 0 Å². The van der Waals surface area contributed by atoms with E-state index < -0.39 is 0 Å². The molecule has 86 valence electrons. The summed E-state index contributed by atoms with van der Waals surface area (Å²) in [5.41, 5.74) is 0.906. The largest absolute Gasteiger partial charge is 0.300 e. The highest BCUT2D eigenvalue weighted by Gasteiger charge is 2.42. The second-order valence-electron chi connectivity index (χ2n) is 6.86. The minimum atomic E-state index is 0.443. The number of carbonyl (C=O) groups is 1. The lowest BCUT2D eigenvalue weighted by Crippen LogP contribution is -2.31. The first kappa shape index (κ1) is 11.2. The van der Waals surface area contributed by atoms with Gasteiger partial charge < -0.3 is 0 Å². The van der Waals surface area contributed by atoms with Gasteiger partial charge in [-0.2, -0.15) is 0 Å². The van der Waals surface area contributed by atoms with Crippen molar-refractivity contribution in [1.29, 1.82) is 0 Å². The highest BCUT2D eigenvalue weighted by Crippen LogP contribution is 2.52. The average molecular weight is 208 g/mol. The van der Waals surface area contributed by atoms with Crippen molar-refractivity contribution >= 4 is 5.78 Å². The molecule has 0 saturated heterocycles. The van der Waals surface area contributed by atoms with Crippen molar-refractivity contribution in [2.24, 2.45) is 16.7 Å². The van der Waals surface area contributed by atoms with Crippen molar-refractivity contribution in [2.75, 3.05) is 0 Å². The number of Topliss-reactive ketones (excluding diaryl/α,β-unsaturated/α-hetero) is 1. The molecule has 1 nitrogen and oxygen atoms in total. The number of hydrogen-bond acceptors (Lipinski definition) is 1. The molecule has 0 bridgehead atoms. The van der Waals surface area contributed by atoms with Crippen LogP contribution in [-0.2, 0) is 4.79 Å². The molecule has 2 aliphatic carbocycles. The van der Waals surface area contributed by atoms with Gasteiger partial charge >= 0.3 is 0 Å². The van der Waals surface area contributed by atoms with E-state index in [1.54, 1.807) is 0 Å². The van der Waals surface area contributed by atoms with Crippen LogP contribution < -0.4 is 0 Å². The molecule has 2 fully saturated rings. The van der Waals surface area contributed by atoms with Crippen molar-refractivity contribution in [2.45, 2.75) is 65.7 Å². The first-order valence-corrected chi connectivity index (χ1v) is 6.43. The summed E-state index contributed by atoms with van der Waals surface area (Å²) in [5.74, 6) is 1.39. The van der Waals surface area contributed by atoms with Crippen LogP contribution in [0.1, 0.15) is 65.7 Å². The van der Waals surface area contributed by atoms with Crippen LogP contribution in [0.4, 0.5) is 0 Å². The molecular formula is C14H24O. The quantitative estimate of drug-likeness (QED) is 0.589. The molecule has 2 saturated carbocycles. The first-order chi connectivity index (χ1) is 6.91. The van der Waals surface area contributed by atoms with Crippen LogP contribution in [0, 0.1) is 16.7 Å². The fraction of sp³-hybridized carbons (Fsp3) is 0.929. The zero-order chi connectivity index (χ0) is 11.1. The van der Waals surface area contributed by atoms with Gasteiger partial charge in [-0.25, -0.2) is 0 Å². The molecule has 1 heteroatoms. The summed E-state index contributed by atoms with van der Waals surface area (Å²) in [4.78, 5) is 11.4. The minimum Gasteiger partial charge on any atom is -0.300 e. The van der Waals surface area contributed by atoms with E-state index in [1.807, 2.05) is 0 Å². The van der Waals surface area contributed by atoms with E-state index in [-0.39, 0.29) is 0 Å². The third-order valence-electron chi connectivity index (χ3n) is 4.78. The second kappa shape index (κ2) is 3.61. The molecular weight excluding hydrogens is 184 g/mol. The molecule has 0 aromatic carbocycles. The van der Waals surface area contributed by atoms with Gasteiger partial charge in [-0.15, -0.1) is 0 Å². The number of rotatable bonds is 0. The zero-order valence-corrected chi connectivity index (χ0v) is 10.4. The Morgan fingerprint density at radius 2 is 1.73 bits per heavy atom. The summed E-state index contributed by atoms with van der Waals surface area (Å²) in [6.45, 7) is 7.07. The molecule has 0 unspecified atom stereocenters. The summed E-state index contributed by atoms with van der Waals surface area (Å²) in [5, 5.41) is 0. The third-order valence-corrected chi connectivity index (χ3v) is 4.78. The molecule has 0 N–H and O–H groups in total. The summed E-state index contributed by atoms with van der Waals surface area (Å²) in [6.07, 6.45) is 8.24. The SMILES string of the molecule is CC(C)(C)C1CCC2(CCC(=O)C2)CC1. The molecule has 0 aromatic heterocycles. The average Bonchev–Trinajstić information content (AvgIpc) is 2.47. The Bertz CT molecular complexity index is 251. The van der Waals surface area contributed by atoms with Gasteiger partial charge in [0.15, 0.2) is 0 Å². The Morgan fingerprint density at radius 1 is 1.13 bits per heavy atom. The van der Waals surface area contributed by atoms with Crippen molar-refractivity contribution in [1.82, 2.24) is 0 Å². The monoisotopic (exact) mass is 208 g/mol. The highest BCUT2D eigenvalue weighted by atomic mass is 16.1. The molecule has 0 heterocycles. The predicted molar refractivity (Wildman–Crippen MR) is 62.7 cm³/mol. The van der Waals surface area contributed by atoms with Crippen LogP contribution in [0.5, 0.6) is 0 Å². The Morgan fingerprint density at radius 3 is 2.13 bits per heavy atom. The maximum Gasteiger partial charge on any atom is 0.133 e. The summed E-state index contributed by atoms with van der Waals surface area (Å²) < 4.78 is 0. The van der Waals surface area contributed by atoms with Crippen molar-refractivity contribution < 1.29 is 4.79 Å². The molecule has 1 spiro atoms. The van der Waals surface area contributed by atoms with E-state index >= 15 is 0 Å². The van der Waals surface area contributed by atoms with Crippen LogP contribution in [0.2, 0.25) is 0 Å². The Labute approximate surface area is 93.6 Å². The topological polar surface area (TPSA) is 17.1 Å². The van der Waals surface area contributed by atoms with E-state index in [4.69, 9.17) is 0 Å². The van der Waals surface area contributed by atoms with Gasteiger partial charge in [0.2, 0.25) is 0 Å². The normalized spacial score (nSPS) is 37.5. The first-order valence-electron chi connectivity index (χ1n) is 6.43. The molecule has 2 rings (SSSR count). The highest BCUT2D eigenvalue weighted by molar-refractivity contribution is 5.81. The van der Waals surface area contributed by atoms with E-state index in [9.17, 15) is 4.79 Å². The fourth-order valence-corrected chi connectivity index (χ4v) is 3.52. The summed E-state index contributed by atoms with van der Waals surface area (Å²) in [6, 6.07) is 0. The van der Waals surface area contributed by atoms with Crippen molar-refractivity contribution in [3.8, 4) is 0 Å². The van der Waals surface area contributed by atoms with Gasteiger partial charge in [-0.1, -0.05) is 20.8 Å². The summed E-state index contributed by atoms with van der Waals surface area (Å²) in [7, 11) is 0. The van der Waals surface area contributed by atoms with Gasteiger partial charge in [-0.05, 0) is 48.9 Å². The molecule has 0 aromatic rings. The minimum absolute atomic E-state index is 0.443. The zero-order valence-electron chi connectivity index (χ0n) is 10.4. The fourth-order valence-electron chi connectivity index (χ4n) is 3.52. The second-order valence-corrected chi connectivity index (χ2v) is 6.86. The Balaban J connectivity index is 1.95. The number of carbonyl (C=O) groups excluding carboxylic acids is 1. The third kappa shape index (κ3) is 2.26. The maximum atomic E-state index is 11.4. The molecule has 0 aliphatic heterocycles. The van der Waals surface area contributed by atoms with E-state index in [1.165, 1.54) is 32.1 Å². The number of ketones is 1. The maximum absolute atomic E-state index is 11.4. The number of hydrogen-bond donors (Lipinski definition) is 0. The molecule has 0 atom stereocenters. The molecule has 15 heavy (non-hydrogen) atoms. The van der Waals surface area contributed by atoms with Gasteiger partial charge in [-0.3, -0.25) is 4.79 Å². The van der Waals surface area contributed by atoms with Crippen molar-refractivity contribution in [3.05, 3.63) is 0 Å².